The topological polar surface area (TPSA) is 100 Å². The third kappa shape index (κ3) is 4.60. The number of pyridine rings is 1. The molecule has 0 saturated carbocycles. The average molecular weight is 492 g/mol. The number of morpholine rings is 1. The van der Waals surface area contributed by atoms with Crippen LogP contribution in [-0.4, -0.2) is 51.1 Å². The number of aromatic amines is 1. The Kier molecular flexibility index (Phi) is 6.55. The van der Waals surface area contributed by atoms with E-state index >= 15 is 0 Å². The van der Waals surface area contributed by atoms with E-state index in [1.165, 1.54) is 19.2 Å². The number of benzene rings is 1. The number of carbonyl (C=O) groups is 1. The fourth-order valence-corrected chi connectivity index (χ4v) is 4.44. The van der Waals surface area contributed by atoms with E-state index in [0.717, 1.165) is 6.07 Å². The van der Waals surface area contributed by atoms with Gasteiger partial charge < -0.3 is 19.9 Å². The first kappa shape index (κ1) is 24.0. The number of anilines is 1. The minimum absolute atomic E-state index is 0.0273. The first-order valence-corrected chi connectivity index (χ1v) is 11.2. The molecular formula is C23H24ClF2N5O3. The standard InChI is InChI=1S/C23H24ClF2N5O3/c1-10-8-31(9-11(2)34-10)23(33)14-5-17(25)21(27-7-14)28-12(3)15-6-16-20(19(26)18(15)24)29-13(4)30-22(16)32/h5-7,10-12H,8-9H2,1-4H3,(H,27,28)(H,29,30,32). The summed E-state index contributed by atoms with van der Waals surface area (Å²) >= 11 is 6.21. The Bertz CT molecular complexity index is 1320. The van der Waals surface area contributed by atoms with Crippen LogP contribution in [0.3, 0.4) is 0 Å². The maximum Gasteiger partial charge on any atom is 0.258 e. The molecule has 3 aromatic rings. The highest BCUT2D eigenvalue weighted by Crippen LogP contribution is 2.32. The maximum atomic E-state index is 14.9. The summed E-state index contributed by atoms with van der Waals surface area (Å²) in [6, 6.07) is 1.81. The third-order valence-corrected chi connectivity index (χ3v) is 6.03. The van der Waals surface area contributed by atoms with Gasteiger partial charge in [-0.3, -0.25) is 9.59 Å². The van der Waals surface area contributed by atoms with Gasteiger partial charge in [-0.25, -0.2) is 18.7 Å². The minimum Gasteiger partial charge on any atom is -0.372 e. The van der Waals surface area contributed by atoms with Gasteiger partial charge in [0.1, 0.15) is 11.3 Å². The van der Waals surface area contributed by atoms with Gasteiger partial charge in [0.05, 0.1) is 34.2 Å². The second-order valence-electron chi connectivity index (χ2n) is 8.53. The number of hydrogen-bond donors (Lipinski definition) is 2. The molecule has 3 atom stereocenters. The summed E-state index contributed by atoms with van der Waals surface area (Å²) < 4.78 is 35.3. The van der Waals surface area contributed by atoms with Gasteiger partial charge in [0.15, 0.2) is 17.5 Å². The number of rotatable bonds is 4. The molecule has 1 aliphatic rings. The van der Waals surface area contributed by atoms with Gasteiger partial charge in [0.25, 0.3) is 11.5 Å². The number of ether oxygens (including phenoxy) is 1. The molecule has 1 aliphatic heterocycles. The molecule has 11 heteroatoms. The largest absolute Gasteiger partial charge is 0.372 e. The molecule has 0 bridgehead atoms. The Morgan fingerprint density at radius 3 is 2.62 bits per heavy atom. The molecule has 0 spiro atoms. The number of carbonyl (C=O) groups excluding carboxylic acids is 1. The lowest BCUT2D eigenvalue weighted by molar-refractivity contribution is -0.0586. The summed E-state index contributed by atoms with van der Waals surface area (Å²) in [5, 5.41) is 2.63. The molecule has 34 heavy (non-hydrogen) atoms. The molecule has 0 radical (unpaired) electrons. The summed E-state index contributed by atoms with van der Waals surface area (Å²) in [7, 11) is 0. The van der Waals surface area contributed by atoms with Crippen LogP contribution < -0.4 is 10.9 Å². The molecule has 1 saturated heterocycles. The summed E-state index contributed by atoms with van der Waals surface area (Å²) in [4.78, 5) is 37.3. The molecule has 1 aromatic carbocycles. The lowest BCUT2D eigenvalue weighted by Gasteiger charge is -2.35. The van der Waals surface area contributed by atoms with E-state index in [-0.39, 0.29) is 56.8 Å². The fourth-order valence-electron chi connectivity index (χ4n) is 4.13. The van der Waals surface area contributed by atoms with Gasteiger partial charge >= 0.3 is 0 Å². The number of hydrogen-bond acceptors (Lipinski definition) is 6. The predicted molar refractivity (Wildman–Crippen MR) is 124 cm³/mol. The monoisotopic (exact) mass is 491 g/mol. The van der Waals surface area contributed by atoms with Crippen LogP contribution in [0.25, 0.3) is 10.9 Å². The lowest BCUT2D eigenvalue weighted by atomic mass is 10.0. The van der Waals surface area contributed by atoms with Crippen molar-refractivity contribution in [1.82, 2.24) is 19.9 Å². The highest BCUT2D eigenvalue weighted by Gasteiger charge is 2.27. The van der Waals surface area contributed by atoms with Gasteiger partial charge in [0, 0.05) is 19.3 Å². The van der Waals surface area contributed by atoms with Crippen molar-refractivity contribution in [2.45, 2.75) is 45.9 Å². The van der Waals surface area contributed by atoms with Crippen molar-refractivity contribution in [3.8, 4) is 0 Å². The maximum absolute atomic E-state index is 14.9. The van der Waals surface area contributed by atoms with Gasteiger partial charge in [-0.2, -0.15) is 0 Å². The molecule has 2 N–H and O–H groups in total. The van der Waals surface area contributed by atoms with Crippen LogP contribution in [0.2, 0.25) is 5.02 Å². The van der Waals surface area contributed by atoms with Crippen molar-refractivity contribution in [3.05, 3.63) is 62.3 Å². The Labute approximate surface area is 199 Å². The first-order chi connectivity index (χ1) is 16.0. The molecule has 180 valence electrons. The minimum atomic E-state index is -0.833. The summed E-state index contributed by atoms with van der Waals surface area (Å²) in [6.07, 6.45) is 1.04. The van der Waals surface area contributed by atoms with E-state index in [0.29, 0.717) is 13.1 Å². The zero-order valence-electron chi connectivity index (χ0n) is 19.1. The quantitative estimate of drug-likeness (QED) is 0.572. The number of aryl methyl sites for hydroxylation is 1. The van der Waals surface area contributed by atoms with E-state index < -0.39 is 23.2 Å². The van der Waals surface area contributed by atoms with Gasteiger partial charge in [-0.05, 0) is 45.4 Å². The fraction of sp³-hybridized carbons (Fsp3) is 0.391. The average Bonchev–Trinajstić information content (AvgIpc) is 2.76. The Morgan fingerprint density at radius 2 is 1.97 bits per heavy atom. The van der Waals surface area contributed by atoms with Gasteiger partial charge in [0.2, 0.25) is 0 Å². The number of aromatic nitrogens is 3. The summed E-state index contributed by atoms with van der Waals surface area (Å²) in [6.45, 7) is 7.71. The van der Waals surface area contributed by atoms with E-state index in [1.807, 2.05) is 13.8 Å². The number of nitrogens with zero attached hydrogens (tertiary/aromatic N) is 3. The van der Waals surface area contributed by atoms with Crippen LogP contribution in [0.15, 0.2) is 23.1 Å². The van der Waals surface area contributed by atoms with Crippen molar-refractivity contribution in [2.24, 2.45) is 0 Å². The van der Waals surface area contributed by atoms with Crippen molar-refractivity contribution < 1.29 is 18.3 Å². The Hall–Kier alpha value is -3.11. The second kappa shape index (κ2) is 9.27. The van der Waals surface area contributed by atoms with E-state index in [1.54, 1.807) is 11.8 Å². The van der Waals surface area contributed by atoms with Crippen LogP contribution in [0.5, 0.6) is 0 Å². The number of nitrogens with one attached hydrogen (secondary N) is 2. The molecule has 8 nitrogen and oxygen atoms in total. The highest BCUT2D eigenvalue weighted by molar-refractivity contribution is 6.32. The Morgan fingerprint density at radius 1 is 1.29 bits per heavy atom. The highest BCUT2D eigenvalue weighted by atomic mass is 35.5. The zero-order chi connectivity index (χ0) is 24.7. The smallest absolute Gasteiger partial charge is 0.258 e. The number of H-pyrrole nitrogens is 1. The number of fused-ring (bicyclic) bond motifs is 1. The molecular weight excluding hydrogens is 468 g/mol. The Balaban J connectivity index is 1.59. The number of amides is 1. The molecule has 0 aliphatic carbocycles. The van der Waals surface area contributed by atoms with Crippen molar-refractivity contribution in [2.75, 3.05) is 18.4 Å². The number of halogens is 3. The SMILES string of the molecule is Cc1nc2c(F)c(Cl)c(C(C)Nc3ncc(C(=O)N4CC(C)OC(C)C4)cc3F)cc2c(=O)[nH]1. The second-order valence-corrected chi connectivity index (χ2v) is 8.91. The molecule has 3 unspecified atom stereocenters. The summed E-state index contributed by atoms with van der Waals surface area (Å²) in [5.74, 6) is -1.80. The third-order valence-electron chi connectivity index (χ3n) is 5.64. The lowest BCUT2D eigenvalue weighted by Crippen LogP contribution is -2.48. The van der Waals surface area contributed by atoms with Crippen LogP contribution in [0.4, 0.5) is 14.6 Å². The molecule has 3 heterocycles. The first-order valence-electron chi connectivity index (χ1n) is 10.8. The van der Waals surface area contributed by atoms with Crippen LogP contribution in [0.1, 0.15) is 48.6 Å². The molecule has 1 fully saturated rings. The van der Waals surface area contributed by atoms with E-state index in [2.05, 4.69) is 20.3 Å². The molecule has 2 aromatic heterocycles. The van der Waals surface area contributed by atoms with Crippen LogP contribution in [0, 0.1) is 18.6 Å². The van der Waals surface area contributed by atoms with E-state index in [4.69, 9.17) is 16.3 Å². The van der Waals surface area contributed by atoms with Crippen molar-refractivity contribution in [1.29, 1.82) is 0 Å². The van der Waals surface area contributed by atoms with Gasteiger partial charge in [-0.15, -0.1) is 0 Å². The van der Waals surface area contributed by atoms with Gasteiger partial charge in [-0.1, -0.05) is 11.6 Å². The zero-order valence-corrected chi connectivity index (χ0v) is 19.8. The predicted octanol–water partition coefficient (Wildman–Crippen LogP) is 3.98. The normalized spacial score (nSPS) is 19.3. The van der Waals surface area contributed by atoms with Crippen molar-refractivity contribution in [3.63, 3.8) is 0 Å². The molecule has 4 rings (SSSR count). The van der Waals surface area contributed by atoms with Crippen LogP contribution in [-0.2, 0) is 4.74 Å². The molecule has 1 amide bonds. The van der Waals surface area contributed by atoms with Crippen LogP contribution >= 0.6 is 11.6 Å². The van der Waals surface area contributed by atoms with Crippen molar-refractivity contribution >= 4 is 34.2 Å². The van der Waals surface area contributed by atoms with E-state index in [9.17, 15) is 18.4 Å². The summed E-state index contributed by atoms with van der Waals surface area (Å²) in [5.41, 5.74) is -0.299.